The number of nitrogens with zero attached hydrogens (tertiary/aromatic N) is 4. The van der Waals surface area contributed by atoms with Crippen LogP contribution in [0.25, 0.3) is 10.9 Å². The Bertz CT molecular complexity index is 1670. The maximum Gasteiger partial charge on any atom is 0.305 e. The van der Waals surface area contributed by atoms with Crippen LogP contribution in [0.2, 0.25) is 0 Å². The van der Waals surface area contributed by atoms with Gasteiger partial charge in [-0.3, -0.25) is 29.3 Å². The number of aliphatic carboxylic acids is 1. The van der Waals surface area contributed by atoms with E-state index in [0.717, 1.165) is 21.4 Å². The van der Waals surface area contributed by atoms with E-state index >= 15 is 0 Å². The van der Waals surface area contributed by atoms with Gasteiger partial charge in [0.25, 0.3) is 5.91 Å². The molecule has 4 aromatic rings. The maximum atomic E-state index is 14.3. The third-order valence-corrected chi connectivity index (χ3v) is 7.64. The third kappa shape index (κ3) is 6.22. The molecule has 0 saturated carbocycles. The van der Waals surface area contributed by atoms with E-state index in [2.05, 4.69) is 10.3 Å². The van der Waals surface area contributed by atoms with Crippen molar-refractivity contribution in [2.24, 2.45) is 4.99 Å². The number of fused-ring (bicyclic) bond motifs is 2. The molecule has 0 radical (unpaired) electrons. The number of hydrogen-bond acceptors (Lipinski definition) is 8. The molecule has 2 atom stereocenters. The van der Waals surface area contributed by atoms with Crippen LogP contribution in [0.3, 0.4) is 0 Å². The molecule has 2 amide bonds. The highest BCUT2D eigenvalue weighted by Crippen LogP contribution is 2.34. The molecule has 1 unspecified atom stereocenters. The van der Waals surface area contributed by atoms with Gasteiger partial charge in [-0.2, -0.15) is 0 Å². The highest BCUT2D eigenvalue weighted by Gasteiger charge is 2.36. The predicted octanol–water partition coefficient (Wildman–Crippen LogP) is 3.54. The smallest absolute Gasteiger partial charge is 0.305 e. The minimum absolute atomic E-state index is 0.367. The number of aromatic nitrogens is 1. The number of para-hydroxylation sites is 2. The second-order valence-electron chi connectivity index (χ2n) is 9.54. The van der Waals surface area contributed by atoms with Crippen LogP contribution in [0, 0.1) is 0 Å². The quantitative estimate of drug-likeness (QED) is 0.215. The van der Waals surface area contributed by atoms with Crippen LogP contribution in [-0.4, -0.2) is 70.0 Å². The van der Waals surface area contributed by atoms with Crippen molar-refractivity contribution in [2.75, 3.05) is 18.5 Å². The van der Waals surface area contributed by atoms with Crippen molar-refractivity contribution in [3.63, 3.8) is 0 Å². The lowest BCUT2D eigenvalue weighted by Gasteiger charge is -2.28. The number of carboxylic acid groups (broad SMARTS) is 1. The normalized spacial score (nSPS) is 15.5. The molecule has 0 fully saturated rings. The van der Waals surface area contributed by atoms with Gasteiger partial charge in [-0.15, -0.1) is 0 Å². The number of hydrogen-bond donors (Lipinski definition) is 2. The van der Waals surface area contributed by atoms with Gasteiger partial charge in [0.1, 0.15) is 12.8 Å². The summed E-state index contributed by atoms with van der Waals surface area (Å²) in [5.74, 6) is -2.37. The van der Waals surface area contributed by atoms with Crippen LogP contribution in [0.5, 0.6) is 0 Å². The molecule has 212 valence electrons. The Hall–Kier alpha value is -4.87. The summed E-state index contributed by atoms with van der Waals surface area (Å²) in [6, 6.07) is 25.0. The summed E-state index contributed by atoms with van der Waals surface area (Å²) in [7, 11) is 1.75. The number of pyridine rings is 1. The van der Waals surface area contributed by atoms with Gasteiger partial charge in [0.05, 0.1) is 29.4 Å². The molecule has 0 saturated heterocycles. The van der Waals surface area contributed by atoms with E-state index in [-0.39, 0.29) is 0 Å². The largest absolute Gasteiger partial charge is 0.481 e. The standard InChI is InChI=1S/C31H27N5O5S/c1-35(42-25-15-7-11-21-12-8-16-32-29(21)25)30-31(41)36(18-26(38)33-22(19-37)17-27(39)40)24-14-6-5-13-23(24)28(34-30)20-9-3-2-4-10-20/h2-16,19,22,30H,17-18H2,1H3,(H,33,38)(H,39,40)/t22-,30?/m0/s1. The number of aliphatic imine (C=N–C) groups is 1. The number of amides is 2. The van der Waals surface area contributed by atoms with Crippen LogP contribution < -0.4 is 10.2 Å². The van der Waals surface area contributed by atoms with Crippen LogP contribution in [0.15, 0.2) is 101 Å². The molecule has 1 aromatic heterocycles. The summed E-state index contributed by atoms with van der Waals surface area (Å²) in [5.41, 5.74) is 3.27. The highest BCUT2D eigenvalue weighted by atomic mass is 32.2. The van der Waals surface area contributed by atoms with Crippen molar-refractivity contribution >= 4 is 58.3 Å². The fourth-order valence-corrected chi connectivity index (χ4v) is 5.66. The Morgan fingerprint density at radius 1 is 1.05 bits per heavy atom. The first kappa shape index (κ1) is 28.7. The molecule has 10 nitrogen and oxygen atoms in total. The van der Waals surface area contributed by atoms with Gasteiger partial charge < -0.3 is 15.2 Å². The molecule has 2 N–H and O–H groups in total. The number of benzodiazepines with no additional fused rings is 1. The Labute approximate surface area is 246 Å². The molecule has 2 heterocycles. The molecule has 5 rings (SSSR count). The molecule has 11 heteroatoms. The number of anilines is 1. The SMILES string of the molecule is CN(Sc1cccc2cccnc12)C1N=C(c2ccccc2)c2ccccc2N(CC(=O)N[C@H](C=O)CC(=O)O)C1=O. The summed E-state index contributed by atoms with van der Waals surface area (Å²) in [4.78, 5) is 61.5. The lowest BCUT2D eigenvalue weighted by Crippen LogP contribution is -2.49. The van der Waals surface area contributed by atoms with Crippen LogP contribution in [-0.2, 0) is 19.2 Å². The first-order valence-corrected chi connectivity index (χ1v) is 13.9. The second kappa shape index (κ2) is 12.8. The number of carbonyl (C=O) groups is 4. The van der Waals surface area contributed by atoms with E-state index in [1.165, 1.54) is 16.8 Å². The number of benzene rings is 3. The zero-order valence-corrected chi connectivity index (χ0v) is 23.4. The van der Waals surface area contributed by atoms with Gasteiger partial charge in [0, 0.05) is 34.7 Å². The zero-order chi connectivity index (χ0) is 29.6. The zero-order valence-electron chi connectivity index (χ0n) is 22.6. The summed E-state index contributed by atoms with van der Waals surface area (Å²) in [5, 5.41) is 12.4. The van der Waals surface area contributed by atoms with Gasteiger partial charge in [0.2, 0.25) is 5.91 Å². The van der Waals surface area contributed by atoms with Crippen molar-refractivity contribution in [3.8, 4) is 0 Å². The van der Waals surface area contributed by atoms with Crippen molar-refractivity contribution in [1.82, 2.24) is 14.6 Å². The second-order valence-corrected chi connectivity index (χ2v) is 10.7. The average molecular weight is 582 g/mol. The van der Waals surface area contributed by atoms with E-state index in [9.17, 15) is 19.2 Å². The summed E-state index contributed by atoms with van der Waals surface area (Å²) in [6.07, 6.45) is 0.460. The van der Waals surface area contributed by atoms with Gasteiger partial charge in [-0.05, 0) is 30.1 Å². The van der Waals surface area contributed by atoms with Crippen molar-refractivity contribution < 1.29 is 24.3 Å². The molecule has 0 aliphatic carbocycles. The number of nitrogens with one attached hydrogen (secondary N) is 1. The van der Waals surface area contributed by atoms with Crippen LogP contribution in [0.1, 0.15) is 17.5 Å². The molecule has 3 aromatic carbocycles. The van der Waals surface area contributed by atoms with Crippen molar-refractivity contribution in [2.45, 2.75) is 23.5 Å². The van der Waals surface area contributed by atoms with E-state index in [4.69, 9.17) is 10.1 Å². The van der Waals surface area contributed by atoms with Gasteiger partial charge >= 0.3 is 5.97 Å². The Balaban J connectivity index is 1.55. The number of aldehydes is 1. The molecular formula is C31H27N5O5S. The van der Waals surface area contributed by atoms with Crippen molar-refractivity contribution in [3.05, 3.63) is 102 Å². The number of carboxylic acids is 1. The Morgan fingerprint density at radius 3 is 2.55 bits per heavy atom. The minimum Gasteiger partial charge on any atom is -0.481 e. The van der Waals surface area contributed by atoms with E-state index in [0.29, 0.717) is 23.2 Å². The first-order valence-electron chi connectivity index (χ1n) is 13.1. The lowest BCUT2D eigenvalue weighted by atomic mass is 10.0. The molecule has 42 heavy (non-hydrogen) atoms. The molecule has 1 aliphatic heterocycles. The Kier molecular flexibility index (Phi) is 8.70. The monoisotopic (exact) mass is 581 g/mol. The van der Waals surface area contributed by atoms with E-state index < -0.39 is 43.0 Å². The topological polar surface area (TPSA) is 132 Å². The fourth-order valence-electron chi connectivity index (χ4n) is 4.71. The molecule has 0 spiro atoms. The van der Waals surface area contributed by atoms with E-state index in [1.54, 1.807) is 29.7 Å². The van der Waals surface area contributed by atoms with Crippen LogP contribution >= 0.6 is 11.9 Å². The predicted molar refractivity (Wildman–Crippen MR) is 160 cm³/mol. The fraction of sp³-hybridized carbons (Fsp3) is 0.161. The molecular weight excluding hydrogens is 554 g/mol. The average Bonchev–Trinajstić information content (AvgIpc) is 3.11. The Morgan fingerprint density at radius 2 is 1.79 bits per heavy atom. The minimum atomic E-state index is -1.23. The van der Waals surface area contributed by atoms with Crippen molar-refractivity contribution in [1.29, 1.82) is 0 Å². The van der Waals surface area contributed by atoms with Gasteiger partial charge in [-0.25, -0.2) is 4.31 Å². The molecule has 0 bridgehead atoms. The van der Waals surface area contributed by atoms with Crippen LogP contribution in [0.4, 0.5) is 5.69 Å². The summed E-state index contributed by atoms with van der Waals surface area (Å²) in [6.45, 7) is -0.442. The summed E-state index contributed by atoms with van der Waals surface area (Å²) >= 11 is 1.31. The van der Waals surface area contributed by atoms with Gasteiger partial charge in [-0.1, -0.05) is 66.7 Å². The number of likely N-dealkylation sites (N-methyl/N-ethyl adjacent to an activating group) is 1. The van der Waals surface area contributed by atoms with E-state index in [1.807, 2.05) is 72.8 Å². The third-order valence-electron chi connectivity index (χ3n) is 6.62. The number of rotatable bonds is 10. The highest BCUT2D eigenvalue weighted by molar-refractivity contribution is 7.97. The summed E-state index contributed by atoms with van der Waals surface area (Å²) < 4.78 is 1.73. The lowest BCUT2D eigenvalue weighted by molar-refractivity contribution is -0.138. The number of carbonyl (C=O) groups excluding carboxylic acids is 3. The maximum absolute atomic E-state index is 14.3. The van der Waals surface area contributed by atoms with Gasteiger partial charge in [0.15, 0.2) is 6.17 Å². The molecule has 1 aliphatic rings. The first-order chi connectivity index (χ1) is 20.4.